The number of carbonyl (C=O) groups is 1. The van der Waals surface area contributed by atoms with E-state index in [1.54, 1.807) is 0 Å². The fraction of sp³-hybridized carbons (Fsp3) is 0.556. The molecule has 5 nitrogen and oxygen atoms in total. The van der Waals surface area contributed by atoms with Gasteiger partial charge in [-0.05, 0) is 37.5 Å². The Morgan fingerprint density at radius 2 is 1.79 bits per heavy atom. The maximum absolute atomic E-state index is 11.0. The minimum Gasteiger partial charge on any atom is -0.357 e. The largest absolute Gasteiger partial charge is 0.357 e. The minimum atomic E-state index is -0.0472. The number of anilines is 1. The van der Waals surface area contributed by atoms with Crippen LogP contribution in [0.3, 0.4) is 0 Å². The van der Waals surface area contributed by atoms with Crippen LogP contribution in [0, 0.1) is 0 Å². The molecule has 24 heavy (non-hydrogen) atoms. The first-order chi connectivity index (χ1) is 11.2. The molecule has 0 fully saturated rings. The SMILES string of the molecule is CCCCCN=C(NCC)NCCc1ccc(NC(C)=O)cc1.I. The van der Waals surface area contributed by atoms with E-state index in [0.717, 1.165) is 44.1 Å². The van der Waals surface area contributed by atoms with Crippen molar-refractivity contribution in [1.29, 1.82) is 0 Å². The van der Waals surface area contributed by atoms with Crippen molar-refractivity contribution >= 4 is 41.5 Å². The highest BCUT2D eigenvalue weighted by atomic mass is 127. The Balaban J connectivity index is 0.00000529. The van der Waals surface area contributed by atoms with Crippen LogP contribution in [0.25, 0.3) is 0 Å². The average molecular weight is 446 g/mol. The Hall–Kier alpha value is -1.31. The zero-order chi connectivity index (χ0) is 16.9. The van der Waals surface area contributed by atoms with Crippen LogP contribution < -0.4 is 16.0 Å². The zero-order valence-corrected chi connectivity index (χ0v) is 17.4. The summed E-state index contributed by atoms with van der Waals surface area (Å²) in [6.45, 7) is 8.35. The van der Waals surface area contributed by atoms with Crippen LogP contribution in [0.15, 0.2) is 29.3 Å². The molecule has 0 atom stereocenters. The van der Waals surface area contributed by atoms with E-state index in [2.05, 4.69) is 34.8 Å². The predicted molar refractivity (Wildman–Crippen MR) is 113 cm³/mol. The number of halogens is 1. The van der Waals surface area contributed by atoms with E-state index in [1.807, 2.05) is 24.3 Å². The lowest BCUT2D eigenvalue weighted by Gasteiger charge is -2.11. The lowest BCUT2D eigenvalue weighted by molar-refractivity contribution is -0.114. The molecule has 3 N–H and O–H groups in total. The minimum absolute atomic E-state index is 0. The molecule has 0 aliphatic rings. The molecule has 0 radical (unpaired) electrons. The molecule has 0 aromatic heterocycles. The van der Waals surface area contributed by atoms with Crippen LogP contribution in [0.2, 0.25) is 0 Å². The van der Waals surface area contributed by atoms with Gasteiger partial charge in [0.05, 0.1) is 0 Å². The summed E-state index contributed by atoms with van der Waals surface area (Å²) in [5.74, 6) is 0.840. The molecule has 6 heteroatoms. The molecule has 1 aromatic rings. The molecule has 136 valence electrons. The summed E-state index contributed by atoms with van der Waals surface area (Å²) in [5, 5.41) is 9.40. The van der Waals surface area contributed by atoms with Gasteiger partial charge < -0.3 is 16.0 Å². The average Bonchev–Trinajstić information content (AvgIpc) is 2.52. The molecule has 1 amide bonds. The highest BCUT2D eigenvalue weighted by molar-refractivity contribution is 14.0. The summed E-state index contributed by atoms with van der Waals surface area (Å²) in [6, 6.07) is 7.94. The first-order valence-corrected chi connectivity index (χ1v) is 8.54. The molecule has 0 bridgehead atoms. The third-order valence-electron chi connectivity index (χ3n) is 3.36. The van der Waals surface area contributed by atoms with E-state index in [4.69, 9.17) is 0 Å². The second kappa shape index (κ2) is 14.1. The van der Waals surface area contributed by atoms with E-state index in [9.17, 15) is 4.79 Å². The van der Waals surface area contributed by atoms with E-state index >= 15 is 0 Å². The number of nitrogens with zero attached hydrogens (tertiary/aromatic N) is 1. The number of aliphatic imine (C=N–C) groups is 1. The van der Waals surface area contributed by atoms with Crippen molar-refractivity contribution in [1.82, 2.24) is 10.6 Å². The van der Waals surface area contributed by atoms with Crippen LogP contribution in [-0.4, -0.2) is 31.5 Å². The second-order valence-electron chi connectivity index (χ2n) is 5.52. The highest BCUT2D eigenvalue weighted by Crippen LogP contribution is 2.09. The van der Waals surface area contributed by atoms with Crippen LogP contribution in [-0.2, 0) is 11.2 Å². The normalized spacial score (nSPS) is 10.7. The summed E-state index contributed by atoms with van der Waals surface area (Å²) in [6.07, 6.45) is 4.49. The number of amides is 1. The van der Waals surface area contributed by atoms with Gasteiger partial charge in [-0.15, -0.1) is 24.0 Å². The van der Waals surface area contributed by atoms with Crippen molar-refractivity contribution in [3.05, 3.63) is 29.8 Å². The Morgan fingerprint density at radius 1 is 1.08 bits per heavy atom. The molecule has 1 rings (SSSR count). The van der Waals surface area contributed by atoms with Gasteiger partial charge in [0.25, 0.3) is 0 Å². The zero-order valence-electron chi connectivity index (χ0n) is 15.0. The molecule has 0 saturated heterocycles. The van der Waals surface area contributed by atoms with Crippen LogP contribution in [0.5, 0.6) is 0 Å². The number of rotatable bonds is 9. The van der Waals surface area contributed by atoms with Gasteiger partial charge >= 0.3 is 0 Å². The number of benzene rings is 1. The van der Waals surface area contributed by atoms with Crippen LogP contribution >= 0.6 is 24.0 Å². The van der Waals surface area contributed by atoms with Gasteiger partial charge in [-0.2, -0.15) is 0 Å². The Morgan fingerprint density at radius 3 is 2.38 bits per heavy atom. The molecule has 0 unspecified atom stereocenters. The molecular weight excluding hydrogens is 415 g/mol. The number of hydrogen-bond donors (Lipinski definition) is 3. The van der Waals surface area contributed by atoms with Crippen LogP contribution in [0.4, 0.5) is 5.69 Å². The van der Waals surface area contributed by atoms with Gasteiger partial charge in [-0.25, -0.2) is 0 Å². The number of hydrogen-bond acceptors (Lipinski definition) is 2. The van der Waals surface area contributed by atoms with Gasteiger partial charge in [0.2, 0.25) is 5.91 Å². The van der Waals surface area contributed by atoms with Gasteiger partial charge in [0.15, 0.2) is 5.96 Å². The van der Waals surface area contributed by atoms with E-state index in [0.29, 0.717) is 0 Å². The lowest BCUT2D eigenvalue weighted by Crippen LogP contribution is -2.38. The Bertz CT molecular complexity index is 488. The van der Waals surface area contributed by atoms with Crippen molar-refractivity contribution in [2.24, 2.45) is 4.99 Å². The molecule has 0 aliphatic heterocycles. The van der Waals surface area contributed by atoms with Gasteiger partial charge in [-0.1, -0.05) is 31.9 Å². The van der Waals surface area contributed by atoms with E-state index in [-0.39, 0.29) is 29.9 Å². The summed E-state index contributed by atoms with van der Waals surface area (Å²) in [5.41, 5.74) is 2.06. The third-order valence-corrected chi connectivity index (χ3v) is 3.36. The maximum Gasteiger partial charge on any atom is 0.221 e. The molecular formula is C18H31IN4O. The highest BCUT2D eigenvalue weighted by Gasteiger charge is 1.99. The summed E-state index contributed by atoms with van der Waals surface area (Å²) in [4.78, 5) is 15.6. The standard InChI is InChI=1S/C18H30N4O.HI/c1-4-6-7-13-20-18(19-5-2)21-14-12-16-8-10-17(11-9-16)22-15(3)23;/h8-11H,4-7,12-14H2,1-3H3,(H,22,23)(H2,19,20,21);1H. The van der Waals surface area contributed by atoms with Gasteiger partial charge in [0.1, 0.15) is 0 Å². The van der Waals surface area contributed by atoms with Crippen molar-refractivity contribution in [2.75, 3.05) is 25.0 Å². The van der Waals surface area contributed by atoms with Crippen LogP contribution in [0.1, 0.15) is 45.6 Å². The topological polar surface area (TPSA) is 65.5 Å². The number of guanidine groups is 1. The Labute approximate surface area is 163 Å². The molecule has 0 saturated carbocycles. The Kier molecular flexibility index (Phi) is 13.3. The molecule has 1 aromatic carbocycles. The molecule has 0 heterocycles. The number of carbonyl (C=O) groups excluding carboxylic acids is 1. The third kappa shape index (κ3) is 10.5. The lowest BCUT2D eigenvalue weighted by atomic mass is 10.1. The fourth-order valence-corrected chi connectivity index (χ4v) is 2.18. The van der Waals surface area contributed by atoms with Gasteiger partial charge in [-0.3, -0.25) is 9.79 Å². The number of unbranched alkanes of at least 4 members (excludes halogenated alkanes) is 2. The first-order valence-electron chi connectivity index (χ1n) is 8.54. The second-order valence-corrected chi connectivity index (χ2v) is 5.52. The van der Waals surface area contributed by atoms with E-state index < -0.39 is 0 Å². The van der Waals surface area contributed by atoms with Crippen molar-refractivity contribution in [3.8, 4) is 0 Å². The maximum atomic E-state index is 11.0. The van der Waals surface area contributed by atoms with Crippen molar-refractivity contribution < 1.29 is 4.79 Å². The number of nitrogens with one attached hydrogen (secondary N) is 3. The fourth-order valence-electron chi connectivity index (χ4n) is 2.18. The van der Waals surface area contributed by atoms with E-state index in [1.165, 1.54) is 25.3 Å². The predicted octanol–water partition coefficient (Wildman–Crippen LogP) is 3.55. The van der Waals surface area contributed by atoms with Crippen molar-refractivity contribution in [3.63, 3.8) is 0 Å². The first kappa shape index (κ1) is 22.7. The monoisotopic (exact) mass is 446 g/mol. The quantitative estimate of drug-likeness (QED) is 0.235. The summed E-state index contributed by atoms with van der Waals surface area (Å²) < 4.78 is 0. The van der Waals surface area contributed by atoms with Crippen molar-refractivity contribution in [2.45, 2.75) is 46.5 Å². The summed E-state index contributed by atoms with van der Waals surface area (Å²) >= 11 is 0. The molecule has 0 aliphatic carbocycles. The molecule has 0 spiro atoms. The van der Waals surface area contributed by atoms with Gasteiger partial charge in [0, 0.05) is 32.2 Å². The summed E-state index contributed by atoms with van der Waals surface area (Å²) in [7, 11) is 0. The smallest absolute Gasteiger partial charge is 0.221 e.